The first-order valence-corrected chi connectivity index (χ1v) is 7.82. The molecular weight excluding hydrogens is 349 g/mol. The number of hydrogen-bond acceptors (Lipinski definition) is 3. The second-order valence-electron chi connectivity index (χ2n) is 3.91. The third-order valence-corrected chi connectivity index (χ3v) is 4.38. The molecule has 0 aliphatic carbocycles. The molecule has 1 N–H and O–H groups in total. The predicted octanol–water partition coefficient (Wildman–Crippen LogP) is 3.40. The van der Waals surface area contributed by atoms with Crippen LogP contribution in [0.3, 0.4) is 0 Å². The molecule has 2 rings (SSSR count). The lowest BCUT2D eigenvalue weighted by Crippen LogP contribution is -2.13. The lowest BCUT2D eigenvalue weighted by atomic mass is 10.3. The van der Waals surface area contributed by atoms with Gasteiger partial charge in [-0.15, -0.1) is 0 Å². The molecule has 0 saturated heterocycles. The number of rotatable bonds is 4. The summed E-state index contributed by atoms with van der Waals surface area (Å²) in [5, 5.41) is 0. The quantitative estimate of drug-likeness (QED) is 0.909. The van der Waals surface area contributed by atoms with Gasteiger partial charge in [-0.1, -0.05) is 22.0 Å². The zero-order valence-electron chi connectivity index (χ0n) is 10.4. The van der Waals surface area contributed by atoms with E-state index >= 15 is 0 Å². The molecule has 0 aliphatic heterocycles. The molecule has 0 radical (unpaired) electrons. The third kappa shape index (κ3) is 3.29. The molecule has 7 heteroatoms. The van der Waals surface area contributed by atoms with Gasteiger partial charge in [0, 0.05) is 10.2 Å². The van der Waals surface area contributed by atoms with Gasteiger partial charge in [-0.3, -0.25) is 4.72 Å². The molecule has 2 aromatic carbocycles. The largest absolute Gasteiger partial charge is 0.494 e. The summed E-state index contributed by atoms with van der Waals surface area (Å²) in [6.07, 6.45) is 0. The highest BCUT2D eigenvalue weighted by Gasteiger charge is 2.16. The maximum Gasteiger partial charge on any atom is 0.262 e. The summed E-state index contributed by atoms with van der Waals surface area (Å²) < 4.78 is 45.7. The fourth-order valence-electron chi connectivity index (χ4n) is 1.58. The van der Waals surface area contributed by atoms with Crippen LogP contribution < -0.4 is 9.46 Å². The van der Waals surface area contributed by atoms with E-state index < -0.39 is 15.8 Å². The molecule has 0 aliphatic rings. The summed E-state index contributed by atoms with van der Waals surface area (Å²) in [4.78, 5) is -0.171. The number of halogens is 2. The fraction of sp³-hybridized carbons (Fsp3) is 0.0769. The molecule has 0 heterocycles. The number of hydrogen-bond donors (Lipinski definition) is 1. The number of ether oxygens (including phenoxy) is 1. The maximum atomic E-state index is 13.6. The van der Waals surface area contributed by atoms with Gasteiger partial charge in [-0.05, 0) is 36.4 Å². The van der Waals surface area contributed by atoms with E-state index in [4.69, 9.17) is 4.74 Å². The van der Waals surface area contributed by atoms with E-state index in [1.165, 1.54) is 19.2 Å². The van der Waals surface area contributed by atoms with Crippen molar-refractivity contribution >= 4 is 31.6 Å². The molecule has 0 unspecified atom stereocenters. The second-order valence-corrected chi connectivity index (χ2v) is 6.51. The van der Waals surface area contributed by atoms with E-state index in [0.717, 1.165) is 10.5 Å². The summed E-state index contributed by atoms with van der Waals surface area (Å²) in [7, 11) is -2.53. The smallest absolute Gasteiger partial charge is 0.262 e. The van der Waals surface area contributed by atoms with Crippen LogP contribution in [-0.2, 0) is 10.0 Å². The van der Waals surface area contributed by atoms with Crippen molar-refractivity contribution in [1.82, 2.24) is 0 Å². The standard InChI is InChI=1S/C13H11BrFNO3S/c1-19-13-6-5-11(8-12(13)15)20(17,18)16-10-4-2-3-9(14)7-10/h2-8,16H,1H3. The molecule has 0 bridgehead atoms. The Morgan fingerprint density at radius 1 is 1.20 bits per heavy atom. The van der Waals surface area contributed by atoms with Crippen LogP contribution in [0.25, 0.3) is 0 Å². The van der Waals surface area contributed by atoms with Gasteiger partial charge >= 0.3 is 0 Å². The molecule has 0 spiro atoms. The fourth-order valence-corrected chi connectivity index (χ4v) is 3.04. The van der Waals surface area contributed by atoms with Gasteiger partial charge in [0.1, 0.15) is 0 Å². The molecule has 0 saturated carbocycles. The van der Waals surface area contributed by atoms with Gasteiger partial charge in [-0.2, -0.15) is 0 Å². The zero-order chi connectivity index (χ0) is 14.8. The van der Waals surface area contributed by atoms with E-state index in [2.05, 4.69) is 20.7 Å². The molecule has 106 valence electrons. The van der Waals surface area contributed by atoms with Gasteiger partial charge in [0.2, 0.25) is 0 Å². The number of benzene rings is 2. The highest BCUT2D eigenvalue weighted by molar-refractivity contribution is 9.10. The number of nitrogens with one attached hydrogen (secondary N) is 1. The van der Waals surface area contributed by atoms with Crippen molar-refractivity contribution in [2.45, 2.75) is 4.90 Å². The van der Waals surface area contributed by atoms with Gasteiger partial charge < -0.3 is 4.74 Å². The van der Waals surface area contributed by atoms with Crippen LogP contribution in [0, 0.1) is 5.82 Å². The van der Waals surface area contributed by atoms with E-state index in [1.807, 2.05) is 0 Å². The number of sulfonamides is 1. The van der Waals surface area contributed by atoms with Crippen molar-refractivity contribution in [3.05, 3.63) is 52.8 Å². The molecule has 0 fully saturated rings. The van der Waals surface area contributed by atoms with Crippen molar-refractivity contribution in [2.24, 2.45) is 0 Å². The maximum absolute atomic E-state index is 13.6. The SMILES string of the molecule is COc1ccc(S(=O)(=O)Nc2cccc(Br)c2)cc1F. The Morgan fingerprint density at radius 3 is 2.55 bits per heavy atom. The van der Waals surface area contributed by atoms with Crippen molar-refractivity contribution in [1.29, 1.82) is 0 Å². The normalized spacial score (nSPS) is 11.2. The monoisotopic (exact) mass is 359 g/mol. The average molecular weight is 360 g/mol. The van der Waals surface area contributed by atoms with Crippen LogP contribution in [0.5, 0.6) is 5.75 Å². The molecule has 4 nitrogen and oxygen atoms in total. The Hall–Kier alpha value is -1.60. The Labute approximate surface area is 124 Å². The lowest BCUT2D eigenvalue weighted by Gasteiger charge is -2.09. The van der Waals surface area contributed by atoms with Crippen LogP contribution in [0.1, 0.15) is 0 Å². The Morgan fingerprint density at radius 2 is 1.95 bits per heavy atom. The van der Waals surface area contributed by atoms with Crippen LogP contribution in [0.2, 0.25) is 0 Å². The Balaban J connectivity index is 2.33. The third-order valence-electron chi connectivity index (χ3n) is 2.51. The van der Waals surface area contributed by atoms with Gasteiger partial charge in [-0.25, -0.2) is 12.8 Å². The zero-order valence-corrected chi connectivity index (χ0v) is 12.8. The second kappa shape index (κ2) is 5.80. The first-order valence-electron chi connectivity index (χ1n) is 5.54. The molecular formula is C13H11BrFNO3S. The number of methoxy groups -OCH3 is 1. The minimum absolute atomic E-state index is 0.00796. The lowest BCUT2D eigenvalue weighted by molar-refractivity contribution is 0.385. The Kier molecular flexibility index (Phi) is 4.29. The molecule has 0 atom stereocenters. The highest BCUT2D eigenvalue weighted by Crippen LogP contribution is 2.23. The van der Waals surface area contributed by atoms with Gasteiger partial charge in [0.25, 0.3) is 10.0 Å². The van der Waals surface area contributed by atoms with Gasteiger partial charge in [0.15, 0.2) is 11.6 Å². The van der Waals surface area contributed by atoms with E-state index in [9.17, 15) is 12.8 Å². The first-order chi connectivity index (χ1) is 9.42. The van der Waals surface area contributed by atoms with Crippen LogP contribution >= 0.6 is 15.9 Å². The molecule has 0 aromatic heterocycles. The van der Waals surface area contributed by atoms with Crippen LogP contribution in [-0.4, -0.2) is 15.5 Å². The first kappa shape index (κ1) is 14.8. The summed E-state index contributed by atoms with van der Waals surface area (Å²) in [6, 6.07) is 10.1. The Bertz CT molecular complexity index is 734. The van der Waals surface area contributed by atoms with Crippen LogP contribution in [0.15, 0.2) is 51.8 Å². The predicted molar refractivity (Wildman–Crippen MR) is 77.9 cm³/mol. The van der Waals surface area contributed by atoms with Gasteiger partial charge in [0.05, 0.1) is 12.0 Å². The topological polar surface area (TPSA) is 55.4 Å². The van der Waals surface area contributed by atoms with Crippen molar-refractivity contribution in [3.63, 3.8) is 0 Å². The average Bonchev–Trinajstić information content (AvgIpc) is 2.38. The highest BCUT2D eigenvalue weighted by atomic mass is 79.9. The summed E-state index contributed by atoms with van der Waals surface area (Å²) in [6.45, 7) is 0. The number of anilines is 1. The van der Waals surface area contributed by atoms with E-state index in [0.29, 0.717) is 5.69 Å². The van der Waals surface area contributed by atoms with Crippen LogP contribution in [0.4, 0.5) is 10.1 Å². The van der Waals surface area contributed by atoms with Crippen molar-refractivity contribution in [3.8, 4) is 5.75 Å². The van der Waals surface area contributed by atoms with E-state index in [1.54, 1.807) is 24.3 Å². The summed E-state index contributed by atoms with van der Waals surface area (Å²) in [5.41, 5.74) is 0.385. The molecule has 20 heavy (non-hydrogen) atoms. The summed E-state index contributed by atoms with van der Waals surface area (Å²) in [5.74, 6) is -0.740. The van der Waals surface area contributed by atoms with Crippen molar-refractivity contribution < 1.29 is 17.5 Å². The molecule has 0 amide bonds. The minimum Gasteiger partial charge on any atom is -0.494 e. The molecule has 2 aromatic rings. The minimum atomic E-state index is -3.84. The van der Waals surface area contributed by atoms with Crippen molar-refractivity contribution in [2.75, 3.05) is 11.8 Å². The summed E-state index contributed by atoms with van der Waals surface area (Å²) >= 11 is 3.25. The van der Waals surface area contributed by atoms with E-state index in [-0.39, 0.29) is 10.6 Å².